The highest BCUT2D eigenvalue weighted by atomic mass is 16.5. The predicted molar refractivity (Wildman–Crippen MR) is 93.1 cm³/mol. The fourth-order valence-electron chi connectivity index (χ4n) is 2.04. The number of hydrogen-bond donors (Lipinski definition) is 3. The molecular weight excluding hydrogens is 308 g/mol. The van der Waals surface area contributed by atoms with E-state index in [1.807, 2.05) is 25.2 Å². The maximum absolute atomic E-state index is 11.1. The molecular formula is C19H26O5. The first-order valence-corrected chi connectivity index (χ1v) is 7.96. The summed E-state index contributed by atoms with van der Waals surface area (Å²) in [6.07, 6.45) is 14.5. The first-order chi connectivity index (χ1) is 11.3. The number of carbonyl (C=O) groups is 1. The minimum Gasteiger partial charge on any atom is -0.455 e. The number of allylic oxidation sites excluding steroid dienone is 5. The van der Waals surface area contributed by atoms with Gasteiger partial charge in [0.05, 0.1) is 12.2 Å². The van der Waals surface area contributed by atoms with Gasteiger partial charge in [-0.3, -0.25) is 0 Å². The molecule has 4 unspecified atom stereocenters. The Morgan fingerprint density at radius 2 is 2.04 bits per heavy atom. The van der Waals surface area contributed by atoms with Crippen LogP contribution >= 0.6 is 0 Å². The fraction of sp³-hybridized carbons (Fsp3) is 0.421. The van der Waals surface area contributed by atoms with Gasteiger partial charge in [0.2, 0.25) is 0 Å². The predicted octanol–water partition coefficient (Wildman–Crippen LogP) is 1.97. The molecule has 1 aliphatic heterocycles. The van der Waals surface area contributed by atoms with Crippen molar-refractivity contribution < 1.29 is 24.9 Å². The molecule has 3 N–H and O–H groups in total. The van der Waals surface area contributed by atoms with Crippen molar-refractivity contribution in [2.45, 2.75) is 50.6 Å². The number of esters is 1. The van der Waals surface area contributed by atoms with Gasteiger partial charge in [-0.15, -0.1) is 0 Å². The second kappa shape index (κ2) is 10.0. The Morgan fingerprint density at radius 1 is 1.33 bits per heavy atom. The Hall–Kier alpha value is -1.95. The van der Waals surface area contributed by atoms with Gasteiger partial charge >= 0.3 is 5.97 Å². The largest absolute Gasteiger partial charge is 0.455 e. The molecule has 0 saturated carbocycles. The molecule has 1 rings (SSSR count). The molecule has 132 valence electrons. The summed E-state index contributed by atoms with van der Waals surface area (Å²) in [5.41, 5.74) is -1.54. The summed E-state index contributed by atoms with van der Waals surface area (Å²) in [7, 11) is 0. The molecule has 0 saturated heterocycles. The van der Waals surface area contributed by atoms with Crippen molar-refractivity contribution in [1.82, 2.24) is 0 Å². The van der Waals surface area contributed by atoms with Crippen LogP contribution < -0.4 is 0 Å². The number of ether oxygens (including phenoxy) is 1. The SMILES string of the molecule is CC=CC=CC=CC(O)CC(O)C(C)(O)C=CC1CC=CC(=O)O1. The third-order valence-corrected chi connectivity index (χ3v) is 3.54. The van der Waals surface area contributed by atoms with Crippen molar-refractivity contribution in [2.24, 2.45) is 0 Å². The highest BCUT2D eigenvalue weighted by molar-refractivity contribution is 5.82. The smallest absolute Gasteiger partial charge is 0.331 e. The summed E-state index contributed by atoms with van der Waals surface area (Å²) in [6.45, 7) is 3.34. The molecule has 0 aliphatic carbocycles. The normalized spacial score (nSPS) is 24.0. The van der Waals surface area contributed by atoms with Crippen molar-refractivity contribution >= 4 is 5.97 Å². The number of aliphatic hydroxyl groups excluding tert-OH is 2. The van der Waals surface area contributed by atoms with E-state index in [1.54, 1.807) is 24.3 Å². The highest BCUT2D eigenvalue weighted by Gasteiger charge is 2.29. The third kappa shape index (κ3) is 7.55. The molecule has 0 fully saturated rings. The van der Waals surface area contributed by atoms with Crippen LogP contribution in [0, 0.1) is 0 Å². The van der Waals surface area contributed by atoms with E-state index in [-0.39, 0.29) is 6.42 Å². The average Bonchev–Trinajstić information content (AvgIpc) is 2.53. The zero-order valence-electron chi connectivity index (χ0n) is 14.1. The molecule has 5 heteroatoms. The minimum absolute atomic E-state index is 0.0182. The molecule has 0 aromatic carbocycles. The van der Waals surface area contributed by atoms with Crippen LogP contribution in [0.3, 0.4) is 0 Å². The molecule has 0 aromatic heterocycles. The average molecular weight is 334 g/mol. The summed E-state index contributed by atoms with van der Waals surface area (Å²) in [5, 5.41) is 30.3. The van der Waals surface area contributed by atoms with Crippen molar-refractivity contribution in [1.29, 1.82) is 0 Å². The second-order valence-corrected chi connectivity index (χ2v) is 5.81. The van der Waals surface area contributed by atoms with Gasteiger partial charge in [-0.25, -0.2) is 4.79 Å². The van der Waals surface area contributed by atoms with Gasteiger partial charge in [-0.05, 0) is 19.9 Å². The van der Waals surface area contributed by atoms with Crippen LogP contribution in [0.5, 0.6) is 0 Å². The summed E-state index contributed by atoms with van der Waals surface area (Å²) in [6, 6.07) is 0. The van der Waals surface area contributed by atoms with Gasteiger partial charge in [0.25, 0.3) is 0 Å². The van der Waals surface area contributed by atoms with Crippen molar-refractivity contribution in [3.63, 3.8) is 0 Å². The van der Waals surface area contributed by atoms with E-state index in [1.165, 1.54) is 25.2 Å². The molecule has 1 aliphatic rings. The molecule has 0 spiro atoms. The van der Waals surface area contributed by atoms with E-state index in [0.29, 0.717) is 6.42 Å². The van der Waals surface area contributed by atoms with Gasteiger partial charge in [-0.2, -0.15) is 0 Å². The maximum Gasteiger partial charge on any atom is 0.331 e. The number of cyclic esters (lactones) is 1. The highest BCUT2D eigenvalue weighted by Crippen LogP contribution is 2.19. The summed E-state index contributed by atoms with van der Waals surface area (Å²) >= 11 is 0. The van der Waals surface area contributed by atoms with Crippen LogP contribution in [-0.4, -0.2) is 45.2 Å². The third-order valence-electron chi connectivity index (χ3n) is 3.54. The van der Waals surface area contributed by atoms with E-state index >= 15 is 0 Å². The van der Waals surface area contributed by atoms with Crippen LogP contribution in [0.1, 0.15) is 26.7 Å². The summed E-state index contributed by atoms with van der Waals surface area (Å²) < 4.78 is 5.05. The van der Waals surface area contributed by atoms with E-state index < -0.39 is 29.9 Å². The van der Waals surface area contributed by atoms with Gasteiger partial charge in [0, 0.05) is 18.9 Å². The number of rotatable bonds is 8. The Labute approximate surface area is 143 Å². The van der Waals surface area contributed by atoms with E-state index in [0.717, 1.165) is 0 Å². The van der Waals surface area contributed by atoms with Gasteiger partial charge in [0.1, 0.15) is 11.7 Å². The van der Waals surface area contributed by atoms with Crippen molar-refractivity contribution in [3.8, 4) is 0 Å². The Bertz CT molecular complexity index is 540. The van der Waals surface area contributed by atoms with Crippen LogP contribution in [-0.2, 0) is 9.53 Å². The molecule has 1 heterocycles. The lowest BCUT2D eigenvalue weighted by molar-refractivity contribution is -0.141. The molecule has 0 bridgehead atoms. The fourth-order valence-corrected chi connectivity index (χ4v) is 2.04. The van der Waals surface area contributed by atoms with Crippen LogP contribution in [0.15, 0.2) is 60.8 Å². The first kappa shape index (κ1) is 20.1. The van der Waals surface area contributed by atoms with Crippen LogP contribution in [0.25, 0.3) is 0 Å². The van der Waals surface area contributed by atoms with E-state index in [9.17, 15) is 20.1 Å². The Morgan fingerprint density at radius 3 is 2.71 bits per heavy atom. The Balaban J connectivity index is 2.53. The second-order valence-electron chi connectivity index (χ2n) is 5.81. The van der Waals surface area contributed by atoms with Gasteiger partial charge in [0.15, 0.2) is 0 Å². The molecule has 24 heavy (non-hydrogen) atoms. The van der Waals surface area contributed by atoms with Crippen LogP contribution in [0.4, 0.5) is 0 Å². The molecule has 0 radical (unpaired) electrons. The van der Waals surface area contributed by atoms with Crippen molar-refractivity contribution in [2.75, 3.05) is 0 Å². The number of hydrogen-bond acceptors (Lipinski definition) is 5. The van der Waals surface area contributed by atoms with E-state index in [2.05, 4.69) is 0 Å². The lowest BCUT2D eigenvalue weighted by atomic mass is 9.93. The topological polar surface area (TPSA) is 87.0 Å². The number of aliphatic hydroxyl groups is 3. The number of carbonyl (C=O) groups excluding carboxylic acids is 1. The first-order valence-electron chi connectivity index (χ1n) is 7.96. The van der Waals surface area contributed by atoms with E-state index in [4.69, 9.17) is 4.74 Å². The molecule has 4 atom stereocenters. The zero-order chi connectivity index (χ0) is 18.0. The standard InChI is InChI=1S/C19H26O5/c1-3-4-5-6-7-9-15(20)14-17(21)19(2,23)13-12-16-10-8-11-18(22)24-16/h3-9,11-13,15-17,20-21,23H,10,14H2,1-2H3. The van der Waals surface area contributed by atoms with Gasteiger partial charge < -0.3 is 20.1 Å². The molecule has 0 aromatic rings. The Kier molecular flexibility index (Phi) is 8.40. The minimum atomic E-state index is -1.54. The van der Waals surface area contributed by atoms with Crippen LogP contribution in [0.2, 0.25) is 0 Å². The molecule has 0 amide bonds. The van der Waals surface area contributed by atoms with Crippen molar-refractivity contribution in [3.05, 3.63) is 60.8 Å². The zero-order valence-corrected chi connectivity index (χ0v) is 14.1. The lowest BCUT2D eigenvalue weighted by Gasteiger charge is -2.27. The quantitative estimate of drug-likeness (QED) is 0.359. The molecule has 5 nitrogen and oxygen atoms in total. The van der Waals surface area contributed by atoms with Gasteiger partial charge in [-0.1, -0.05) is 48.6 Å². The maximum atomic E-state index is 11.1. The summed E-state index contributed by atoms with van der Waals surface area (Å²) in [5.74, 6) is -0.428. The lowest BCUT2D eigenvalue weighted by Crippen LogP contribution is -2.39. The monoisotopic (exact) mass is 334 g/mol. The summed E-state index contributed by atoms with van der Waals surface area (Å²) in [4.78, 5) is 11.1.